The number of benzene rings is 1. The van der Waals surface area contributed by atoms with Crippen molar-refractivity contribution in [1.82, 2.24) is 9.78 Å². The molecular formula is C11H12BrN3O. The van der Waals surface area contributed by atoms with Gasteiger partial charge in [-0.1, -0.05) is 0 Å². The van der Waals surface area contributed by atoms with Crippen molar-refractivity contribution in [2.45, 2.75) is 6.54 Å². The smallest absolute Gasteiger partial charge is 0.121 e. The second-order valence-corrected chi connectivity index (χ2v) is 4.13. The van der Waals surface area contributed by atoms with Crippen molar-refractivity contribution in [2.75, 3.05) is 7.11 Å². The van der Waals surface area contributed by atoms with Gasteiger partial charge in [-0.3, -0.25) is 0 Å². The van der Waals surface area contributed by atoms with Crippen LogP contribution in [0.2, 0.25) is 0 Å². The molecule has 1 heterocycles. The van der Waals surface area contributed by atoms with Crippen molar-refractivity contribution >= 4 is 15.9 Å². The van der Waals surface area contributed by atoms with Gasteiger partial charge in [0.1, 0.15) is 5.75 Å². The van der Waals surface area contributed by atoms with Gasteiger partial charge in [-0.15, -0.1) is 0 Å². The van der Waals surface area contributed by atoms with Crippen molar-refractivity contribution in [2.24, 2.45) is 5.73 Å². The molecule has 0 aliphatic rings. The zero-order valence-electron chi connectivity index (χ0n) is 8.85. The van der Waals surface area contributed by atoms with Crippen molar-refractivity contribution in [3.63, 3.8) is 0 Å². The number of rotatable bonds is 3. The Labute approximate surface area is 102 Å². The van der Waals surface area contributed by atoms with E-state index >= 15 is 0 Å². The van der Waals surface area contributed by atoms with Crippen molar-refractivity contribution in [3.8, 4) is 11.4 Å². The Morgan fingerprint density at radius 1 is 1.44 bits per heavy atom. The zero-order valence-corrected chi connectivity index (χ0v) is 10.4. The number of ether oxygens (including phenoxy) is 1. The van der Waals surface area contributed by atoms with E-state index in [1.165, 1.54) is 0 Å². The molecule has 1 aromatic heterocycles. The fraction of sp³-hybridized carbons (Fsp3) is 0.182. The van der Waals surface area contributed by atoms with Gasteiger partial charge in [0, 0.05) is 23.3 Å². The first kappa shape index (κ1) is 11.2. The summed E-state index contributed by atoms with van der Waals surface area (Å²) in [4.78, 5) is 0. The van der Waals surface area contributed by atoms with E-state index < -0.39 is 0 Å². The second-order valence-electron chi connectivity index (χ2n) is 3.27. The normalized spacial score (nSPS) is 10.4. The molecule has 0 saturated heterocycles. The summed E-state index contributed by atoms with van der Waals surface area (Å²) < 4.78 is 7.91. The molecule has 0 aliphatic heterocycles. The van der Waals surface area contributed by atoms with Crippen LogP contribution in [0.1, 0.15) is 5.69 Å². The highest BCUT2D eigenvalue weighted by molar-refractivity contribution is 9.10. The summed E-state index contributed by atoms with van der Waals surface area (Å²) in [5.74, 6) is 0.794. The lowest BCUT2D eigenvalue weighted by Gasteiger charge is -2.07. The topological polar surface area (TPSA) is 53.1 Å². The number of halogens is 1. The lowest BCUT2D eigenvalue weighted by molar-refractivity contribution is 0.414. The molecule has 5 heteroatoms. The summed E-state index contributed by atoms with van der Waals surface area (Å²) in [7, 11) is 1.64. The minimum Gasteiger partial charge on any atom is -0.497 e. The lowest BCUT2D eigenvalue weighted by atomic mass is 10.3. The van der Waals surface area contributed by atoms with Crippen molar-refractivity contribution in [1.29, 1.82) is 0 Å². The molecule has 0 amide bonds. The average Bonchev–Trinajstić information content (AvgIpc) is 2.78. The summed E-state index contributed by atoms with van der Waals surface area (Å²) >= 11 is 3.48. The van der Waals surface area contributed by atoms with E-state index in [2.05, 4.69) is 21.0 Å². The molecule has 0 bridgehead atoms. The molecule has 0 unspecified atom stereocenters. The highest BCUT2D eigenvalue weighted by Gasteiger charge is 2.06. The fourth-order valence-corrected chi connectivity index (χ4v) is 1.83. The summed E-state index contributed by atoms with van der Waals surface area (Å²) in [6, 6.07) is 7.63. The second kappa shape index (κ2) is 4.67. The van der Waals surface area contributed by atoms with Crippen LogP contribution >= 0.6 is 15.9 Å². The molecule has 2 N–H and O–H groups in total. The van der Waals surface area contributed by atoms with E-state index in [0.717, 1.165) is 21.6 Å². The Balaban J connectivity index is 2.45. The monoisotopic (exact) mass is 281 g/mol. The summed E-state index contributed by atoms with van der Waals surface area (Å²) in [6.45, 7) is 0.439. The number of nitrogens with zero attached hydrogens (tertiary/aromatic N) is 2. The molecule has 0 aliphatic carbocycles. The predicted molar refractivity (Wildman–Crippen MR) is 65.7 cm³/mol. The van der Waals surface area contributed by atoms with Crippen molar-refractivity contribution < 1.29 is 4.74 Å². The highest BCUT2D eigenvalue weighted by Crippen LogP contribution is 2.25. The van der Waals surface area contributed by atoms with Crippen LogP contribution in [0.15, 0.2) is 34.9 Å². The number of hydrogen-bond donors (Lipinski definition) is 1. The van der Waals surface area contributed by atoms with E-state index in [1.54, 1.807) is 11.8 Å². The fourth-order valence-electron chi connectivity index (χ4n) is 1.40. The zero-order chi connectivity index (χ0) is 11.5. The third kappa shape index (κ3) is 2.10. The predicted octanol–water partition coefficient (Wildman–Crippen LogP) is 2.10. The van der Waals surface area contributed by atoms with E-state index in [1.807, 2.05) is 30.5 Å². The molecule has 0 spiro atoms. The van der Waals surface area contributed by atoms with Gasteiger partial charge in [-0.2, -0.15) is 5.10 Å². The molecule has 0 radical (unpaired) electrons. The standard InChI is InChI=1S/C11H12BrN3O/c1-16-9-2-3-10(12)11(6-9)15-5-4-8(7-13)14-15/h2-6H,7,13H2,1H3. The first-order chi connectivity index (χ1) is 7.74. The molecule has 0 fully saturated rings. The third-order valence-corrected chi connectivity index (χ3v) is 2.92. The van der Waals surface area contributed by atoms with Crippen LogP contribution in [0.25, 0.3) is 5.69 Å². The van der Waals surface area contributed by atoms with E-state index in [-0.39, 0.29) is 0 Å². The maximum Gasteiger partial charge on any atom is 0.121 e. The number of nitrogens with two attached hydrogens (primary N) is 1. The van der Waals surface area contributed by atoms with E-state index in [0.29, 0.717) is 6.54 Å². The maximum atomic E-state index is 5.52. The number of hydrogen-bond acceptors (Lipinski definition) is 3. The summed E-state index contributed by atoms with van der Waals surface area (Å²) in [5, 5.41) is 4.34. The highest BCUT2D eigenvalue weighted by atomic mass is 79.9. The third-order valence-electron chi connectivity index (χ3n) is 2.25. The number of methoxy groups -OCH3 is 1. The van der Waals surface area contributed by atoms with Crippen molar-refractivity contribution in [3.05, 3.63) is 40.6 Å². The Hall–Kier alpha value is -1.33. The largest absolute Gasteiger partial charge is 0.497 e. The summed E-state index contributed by atoms with van der Waals surface area (Å²) in [5.41, 5.74) is 7.31. The average molecular weight is 282 g/mol. The molecule has 2 rings (SSSR count). The molecular weight excluding hydrogens is 270 g/mol. The number of aromatic nitrogens is 2. The van der Waals surface area contributed by atoms with Gasteiger partial charge in [-0.25, -0.2) is 4.68 Å². The van der Waals surface area contributed by atoms with Gasteiger partial charge in [-0.05, 0) is 34.1 Å². The summed E-state index contributed by atoms with van der Waals surface area (Å²) in [6.07, 6.45) is 1.88. The Kier molecular flexibility index (Phi) is 3.26. The van der Waals surface area contributed by atoms with E-state index in [4.69, 9.17) is 10.5 Å². The van der Waals surface area contributed by atoms with Crippen LogP contribution < -0.4 is 10.5 Å². The Bertz CT molecular complexity index is 496. The van der Waals surface area contributed by atoms with Crippen LogP contribution in [0.5, 0.6) is 5.75 Å². The molecule has 16 heavy (non-hydrogen) atoms. The van der Waals surface area contributed by atoms with Gasteiger partial charge in [0.25, 0.3) is 0 Å². The van der Waals surface area contributed by atoms with Gasteiger partial charge in [0.2, 0.25) is 0 Å². The van der Waals surface area contributed by atoms with Crippen LogP contribution in [0.4, 0.5) is 0 Å². The molecule has 0 saturated carbocycles. The van der Waals surface area contributed by atoms with Crippen LogP contribution in [-0.2, 0) is 6.54 Å². The first-order valence-electron chi connectivity index (χ1n) is 4.83. The minimum atomic E-state index is 0.439. The quantitative estimate of drug-likeness (QED) is 0.938. The Morgan fingerprint density at radius 2 is 2.25 bits per heavy atom. The van der Waals surface area contributed by atoms with Crippen LogP contribution in [0.3, 0.4) is 0 Å². The van der Waals surface area contributed by atoms with Gasteiger partial charge in [0.05, 0.1) is 18.5 Å². The molecule has 4 nitrogen and oxygen atoms in total. The molecule has 1 aromatic carbocycles. The molecule has 2 aromatic rings. The molecule has 0 atom stereocenters. The SMILES string of the molecule is COc1ccc(Br)c(-n2ccc(CN)n2)c1. The van der Waals surface area contributed by atoms with Gasteiger partial charge < -0.3 is 10.5 Å². The maximum absolute atomic E-state index is 5.52. The Morgan fingerprint density at radius 3 is 2.88 bits per heavy atom. The first-order valence-corrected chi connectivity index (χ1v) is 5.62. The van der Waals surface area contributed by atoms with Gasteiger partial charge in [0.15, 0.2) is 0 Å². The minimum absolute atomic E-state index is 0.439. The van der Waals surface area contributed by atoms with E-state index in [9.17, 15) is 0 Å². The van der Waals surface area contributed by atoms with Crippen LogP contribution in [-0.4, -0.2) is 16.9 Å². The lowest BCUT2D eigenvalue weighted by Crippen LogP contribution is -2.01. The van der Waals surface area contributed by atoms with Crippen LogP contribution in [0, 0.1) is 0 Å². The molecule has 84 valence electrons. The van der Waals surface area contributed by atoms with Gasteiger partial charge >= 0.3 is 0 Å².